The Morgan fingerprint density at radius 3 is 2.80 bits per heavy atom. The van der Waals surface area contributed by atoms with E-state index in [1.807, 2.05) is 12.1 Å². The third kappa shape index (κ3) is 2.91. The van der Waals surface area contributed by atoms with Crippen molar-refractivity contribution in [3.8, 4) is 0 Å². The van der Waals surface area contributed by atoms with E-state index in [9.17, 15) is 14.4 Å². The Kier molecular flexibility index (Phi) is 4.26. The minimum absolute atomic E-state index is 0.0661. The summed E-state index contributed by atoms with van der Waals surface area (Å²) in [5, 5.41) is 0.353. The van der Waals surface area contributed by atoms with Gasteiger partial charge in [-0.1, -0.05) is 12.1 Å². The molecule has 0 radical (unpaired) electrons. The summed E-state index contributed by atoms with van der Waals surface area (Å²) in [5.74, 6) is 4.54. The fourth-order valence-corrected chi connectivity index (χ4v) is 3.18. The molecule has 0 aliphatic carbocycles. The average molecular weight is 294 g/mol. The largest absolute Gasteiger partial charge is 0.368 e. The lowest BCUT2D eigenvalue weighted by molar-refractivity contribution is -0.123. The SMILES string of the molecule is NC(=O)CN1C(=O)C(CN(N)C=O)Sc2ccccc21. The smallest absolute Gasteiger partial charge is 0.242 e. The van der Waals surface area contributed by atoms with Crippen LogP contribution in [0.25, 0.3) is 0 Å². The number of benzene rings is 1. The molecule has 0 bridgehead atoms. The van der Waals surface area contributed by atoms with Gasteiger partial charge in [-0.25, -0.2) is 5.84 Å². The molecule has 2 rings (SSSR count). The monoisotopic (exact) mass is 294 g/mol. The zero-order chi connectivity index (χ0) is 14.7. The average Bonchev–Trinajstić information content (AvgIpc) is 2.42. The summed E-state index contributed by atoms with van der Waals surface area (Å²) in [7, 11) is 0. The highest BCUT2D eigenvalue weighted by Crippen LogP contribution is 2.38. The Balaban J connectivity index is 2.32. The van der Waals surface area contributed by atoms with Crippen molar-refractivity contribution in [3.05, 3.63) is 24.3 Å². The van der Waals surface area contributed by atoms with Crippen molar-refractivity contribution in [2.45, 2.75) is 10.1 Å². The van der Waals surface area contributed by atoms with Gasteiger partial charge in [-0.2, -0.15) is 0 Å². The highest BCUT2D eigenvalue weighted by atomic mass is 32.2. The maximum Gasteiger partial charge on any atom is 0.242 e. The molecular formula is C12H14N4O3S. The summed E-state index contributed by atoms with van der Waals surface area (Å²) in [6.45, 7) is -0.130. The van der Waals surface area contributed by atoms with E-state index < -0.39 is 11.2 Å². The number of fused-ring (bicyclic) bond motifs is 1. The quantitative estimate of drug-likeness (QED) is 0.323. The van der Waals surface area contributed by atoms with Gasteiger partial charge in [-0.3, -0.25) is 19.4 Å². The number of hydrogen-bond acceptors (Lipinski definition) is 5. The number of para-hydroxylation sites is 1. The van der Waals surface area contributed by atoms with E-state index in [1.165, 1.54) is 16.7 Å². The van der Waals surface area contributed by atoms with E-state index >= 15 is 0 Å². The number of rotatable bonds is 5. The van der Waals surface area contributed by atoms with Crippen LogP contribution in [0.1, 0.15) is 0 Å². The molecule has 1 unspecified atom stereocenters. The van der Waals surface area contributed by atoms with Crippen LogP contribution >= 0.6 is 11.8 Å². The van der Waals surface area contributed by atoms with Gasteiger partial charge in [0.2, 0.25) is 18.2 Å². The first-order valence-electron chi connectivity index (χ1n) is 5.85. The van der Waals surface area contributed by atoms with Gasteiger partial charge in [-0.05, 0) is 12.1 Å². The number of thioether (sulfide) groups is 1. The molecule has 1 aromatic rings. The molecule has 0 aromatic heterocycles. The molecule has 7 nitrogen and oxygen atoms in total. The van der Waals surface area contributed by atoms with E-state index in [4.69, 9.17) is 11.6 Å². The lowest BCUT2D eigenvalue weighted by Crippen LogP contribution is -2.49. The molecule has 0 fully saturated rings. The van der Waals surface area contributed by atoms with Gasteiger partial charge < -0.3 is 10.6 Å². The highest BCUT2D eigenvalue weighted by molar-refractivity contribution is 8.01. The van der Waals surface area contributed by atoms with Gasteiger partial charge in [0, 0.05) is 4.90 Å². The van der Waals surface area contributed by atoms with Gasteiger partial charge in [0.25, 0.3) is 0 Å². The number of primary amides is 1. The van der Waals surface area contributed by atoms with Crippen molar-refractivity contribution >= 4 is 35.7 Å². The van der Waals surface area contributed by atoms with Gasteiger partial charge >= 0.3 is 0 Å². The second kappa shape index (κ2) is 5.93. The van der Waals surface area contributed by atoms with Crippen LogP contribution in [-0.4, -0.2) is 41.6 Å². The van der Waals surface area contributed by atoms with Crippen molar-refractivity contribution in [2.75, 3.05) is 18.0 Å². The number of anilines is 1. The summed E-state index contributed by atoms with van der Waals surface area (Å²) in [5.41, 5.74) is 5.83. The first kappa shape index (κ1) is 14.4. The Bertz CT molecular complexity index is 551. The molecule has 1 aromatic carbocycles. The first-order chi connectivity index (χ1) is 9.52. The van der Waals surface area contributed by atoms with E-state index in [1.54, 1.807) is 12.1 Å². The summed E-state index contributed by atoms with van der Waals surface area (Å²) >= 11 is 1.32. The van der Waals surface area contributed by atoms with Gasteiger partial charge in [-0.15, -0.1) is 11.8 Å². The van der Waals surface area contributed by atoms with Crippen LogP contribution in [0.15, 0.2) is 29.2 Å². The molecule has 4 N–H and O–H groups in total. The van der Waals surface area contributed by atoms with Crippen molar-refractivity contribution in [3.63, 3.8) is 0 Å². The number of carbonyl (C=O) groups is 3. The Hall–Kier alpha value is -2.06. The van der Waals surface area contributed by atoms with E-state index in [-0.39, 0.29) is 19.0 Å². The molecule has 0 saturated carbocycles. The lowest BCUT2D eigenvalue weighted by Gasteiger charge is -2.33. The fraction of sp³-hybridized carbons (Fsp3) is 0.250. The van der Waals surface area contributed by atoms with Crippen molar-refractivity contribution in [1.29, 1.82) is 0 Å². The number of nitrogens with zero attached hydrogens (tertiary/aromatic N) is 2. The van der Waals surface area contributed by atoms with E-state index in [0.29, 0.717) is 12.1 Å². The van der Waals surface area contributed by atoms with Crippen molar-refractivity contribution < 1.29 is 14.4 Å². The molecule has 8 heteroatoms. The number of hydrazine groups is 1. The number of nitrogens with two attached hydrogens (primary N) is 2. The van der Waals surface area contributed by atoms with Gasteiger partial charge in [0.15, 0.2) is 0 Å². The second-order valence-electron chi connectivity index (χ2n) is 4.27. The summed E-state index contributed by atoms with van der Waals surface area (Å²) in [4.78, 5) is 36.3. The highest BCUT2D eigenvalue weighted by Gasteiger charge is 2.34. The van der Waals surface area contributed by atoms with E-state index in [0.717, 1.165) is 9.90 Å². The maximum atomic E-state index is 12.4. The van der Waals surface area contributed by atoms with Crippen molar-refractivity contribution in [1.82, 2.24) is 5.01 Å². The second-order valence-corrected chi connectivity index (χ2v) is 5.51. The molecule has 3 amide bonds. The molecule has 20 heavy (non-hydrogen) atoms. The minimum Gasteiger partial charge on any atom is -0.368 e. The zero-order valence-electron chi connectivity index (χ0n) is 10.6. The predicted octanol–water partition coefficient (Wildman–Crippen LogP) is -0.689. The van der Waals surface area contributed by atoms with Crippen LogP contribution in [0.3, 0.4) is 0 Å². The minimum atomic E-state index is -0.598. The summed E-state index contributed by atoms with van der Waals surface area (Å²) < 4.78 is 0. The molecule has 106 valence electrons. The number of hydrogen-bond donors (Lipinski definition) is 2. The molecule has 1 atom stereocenters. The summed E-state index contributed by atoms with van der Waals surface area (Å²) in [6.07, 6.45) is 0.451. The summed E-state index contributed by atoms with van der Waals surface area (Å²) in [6, 6.07) is 7.21. The topological polar surface area (TPSA) is 110 Å². The molecular weight excluding hydrogens is 280 g/mol. The first-order valence-corrected chi connectivity index (χ1v) is 6.73. The van der Waals surface area contributed by atoms with Gasteiger partial charge in [0.05, 0.1) is 12.2 Å². The normalized spacial score (nSPS) is 17.6. The standard InChI is InChI=1S/C12H14N4O3S/c13-11(18)6-16-8-3-1-2-4-9(8)20-10(12(16)19)5-15(14)7-17/h1-4,7,10H,5-6,14H2,(H2,13,18). The van der Waals surface area contributed by atoms with E-state index in [2.05, 4.69) is 0 Å². The Labute approximate surface area is 119 Å². The number of amides is 3. The third-order valence-corrected chi connectivity index (χ3v) is 4.03. The van der Waals surface area contributed by atoms with Crippen LogP contribution in [0, 0.1) is 0 Å². The molecule has 0 saturated heterocycles. The van der Waals surface area contributed by atoms with Crippen molar-refractivity contribution in [2.24, 2.45) is 11.6 Å². The van der Waals surface area contributed by atoms with Crippen LogP contribution in [-0.2, 0) is 14.4 Å². The Morgan fingerprint density at radius 1 is 1.45 bits per heavy atom. The molecule has 0 spiro atoms. The van der Waals surface area contributed by atoms with Crippen LogP contribution in [0.2, 0.25) is 0 Å². The zero-order valence-corrected chi connectivity index (χ0v) is 11.4. The lowest BCUT2D eigenvalue weighted by atomic mass is 10.2. The van der Waals surface area contributed by atoms with Crippen LogP contribution < -0.4 is 16.5 Å². The van der Waals surface area contributed by atoms with Crippen LogP contribution in [0.5, 0.6) is 0 Å². The molecule has 1 aliphatic heterocycles. The molecule has 1 aliphatic rings. The third-order valence-electron chi connectivity index (χ3n) is 2.79. The maximum absolute atomic E-state index is 12.4. The number of carbonyl (C=O) groups excluding carboxylic acids is 3. The predicted molar refractivity (Wildman–Crippen MR) is 74.6 cm³/mol. The fourth-order valence-electron chi connectivity index (χ4n) is 1.94. The van der Waals surface area contributed by atoms with Gasteiger partial charge in [0.1, 0.15) is 11.8 Å². The Morgan fingerprint density at radius 2 is 2.15 bits per heavy atom. The van der Waals surface area contributed by atoms with Crippen LogP contribution in [0.4, 0.5) is 5.69 Å². The molecule has 1 heterocycles.